The maximum Gasteiger partial charge on any atom is 0.401 e. The van der Waals surface area contributed by atoms with E-state index in [1.807, 2.05) is 0 Å². The number of nitrogens with two attached hydrogens (primary N) is 1. The molecular weight excluding hydrogens is 271 g/mol. The Morgan fingerprint density at radius 2 is 2.05 bits per heavy atom. The van der Waals surface area contributed by atoms with Gasteiger partial charge in [-0.1, -0.05) is 0 Å². The zero-order chi connectivity index (χ0) is 14.8. The molecular formula is C13H22F3N3O. The Hall–Kier alpha value is -0.820. The SMILES string of the molecule is NC1CCC(C(=O)NCC2CCN(CC(F)(F)F)C2)C1. The van der Waals surface area contributed by atoms with E-state index in [-0.39, 0.29) is 23.8 Å². The van der Waals surface area contributed by atoms with Gasteiger partial charge in [-0.3, -0.25) is 9.69 Å². The number of carbonyl (C=O) groups excluding carboxylic acids is 1. The molecule has 0 aromatic heterocycles. The number of halogens is 3. The van der Waals surface area contributed by atoms with Gasteiger partial charge in [0.05, 0.1) is 6.54 Å². The third kappa shape index (κ3) is 4.63. The third-order valence-electron chi connectivity index (χ3n) is 4.18. The average molecular weight is 293 g/mol. The van der Waals surface area contributed by atoms with E-state index in [1.54, 1.807) is 0 Å². The quantitative estimate of drug-likeness (QED) is 0.816. The van der Waals surface area contributed by atoms with Gasteiger partial charge in [0.25, 0.3) is 0 Å². The van der Waals surface area contributed by atoms with Crippen LogP contribution in [0.4, 0.5) is 13.2 Å². The Labute approximate surface area is 116 Å². The lowest BCUT2D eigenvalue weighted by Gasteiger charge is -2.18. The number of likely N-dealkylation sites (tertiary alicyclic amines) is 1. The van der Waals surface area contributed by atoms with Crippen LogP contribution in [-0.2, 0) is 4.79 Å². The van der Waals surface area contributed by atoms with Gasteiger partial charge in [0.2, 0.25) is 5.91 Å². The van der Waals surface area contributed by atoms with Crippen LogP contribution in [0.3, 0.4) is 0 Å². The third-order valence-corrected chi connectivity index (χ3v) is 4.18. The van der Waals surface area contributed by atoms with Crippen molar-refractivity contribution in [1.82, 2.24) is 10.2 Å². The Morgan fingerprint density at radius 1 is 1.30 bits per heavy atom. The number of nitrogens with zero attached hydrogens (tertiary/aromatic N) is 1. The smallest absolute Gasteiger partial charge is 0.356 e. The molecule has 3 unspecified atom stereocenters. The van der Waals surface area contributed by atoms with Crippen molar-refractivity contribution >= 4 is 5.91 Å². The molecule has 0 bridgehead atoms. The lowest BCUT2D eigenvalue weighted by Crippen LogP contribution is -2.36. The predicted octanol–water partition coefficient (Wildman–Crippen LogP) is 1.11. The van der Waals surface area contributed by atoms with E-state index in [9.17, 15) is 18.0 Å². The molecule has 1 amide bonds. The fraction of sp³-hybridized carbons (Fsp3) is 0.923. The van der Waals surface area contributed by atoms with Crippen LogP contribution >= 0.6 is 0 Å². The molecule has 1 heterocycles. The molecule has 2 aliphatic rings. The Kier molecular flexibility index (Phi) is 4.90. The van der Waals surface area contributed by atoms with Crippen LogP contribution < -0.4 is 11.1 Å². The fourth-order valence-electron chi connectivity index (χ4n) is 3.12. The van der Waals surface area contributed by atoms with Crippen molar-refractivity contribution in [2.75, 3.05) is 26.2 Å². The monoisotopic (exact) mass is 293 g/mol. The maximum atomic E-state index is 12.3. The summed E-state index contributed by atoms with van der Waals surface area (Å²) in [7, 11) is 0. The van der Waals surface area contributed by atoms with E-state index in [1.165, 1.54) is 4.90 Å². The van der Waals surface area contributed by atoms with Crippen molar-refractivity contribution in [3.63, 3.8) is 0 Å². The summed E-state index contributed by atoms with van der Waals surface area (Å²) in [4.78, 5) is 13.3. The van der Waals surface area contributed by atoms with Crippen LogP contribution in [-0.4, -0.2) is 49.2 Å². The normalized spacial score (nSPS) is 31.7. The zero-order valence-electron chi connectivity index (χ0n) is 11.5. The van der Waals surface area contributed by atoms with E-state index < -0.39 is 12.7 Å². The van der Waals surface area contributed by atoms with E-state index in [0.717, 1.165) is 19.3 Å². The molecule has 1 aliphatic heterocycles. The molecule has 116 valence electrons. The first-order valence-electron chi connectivity index (χ1n) is 7.16. The summed E-state index contributed by atoms with van der Waals surface area (Å²) >= 11 is 0. The Balaban J connectivity index is 1.67. The first-order chi connectivity index (χ1) is 9.33. The highest BCUT2D eigenvalue weighted by atomic mass is 19.4. The van der Waals surface area contributed by atoms with Crippen molar-refractivity contribution in [2.45, 2.75) is 37.9 Å². The molecule has 2 rings (SSSR count). The minimum Gasteiger partial charge on any atom is -0.356 e. The van der Waals surface area contributed by atoms with E-state index >= 15 is 0 Å². The summed E-state index contributed by atoms with van der Waals surface area (Å²) in [6.07, 6.45) is -1.02. The van der Waals surface area contributed by atoms with Gasteiger partial charge in [0, 0.05) is 25.0 Å². The molecule has 1 aliphatic carbocycles. The van der Waals surface area contributed by atoms with E-state index in [4.69, 9.17) is 5.73 Å². The average Bonchev–Trinajstić information content (AvgIpc) is 2.93. The number of hydrogen-bond donors (Lipinski definition) is 2. The standard InChI is InChI=1S/C13H22F3N3O/c14-13(15,16)8-19-4-3-9(7-19)6-18-12(20)10-1-2-11(17)5-10/h9-11H,1-8,17H2,(H,18,20). The molecule has 2 fully saturated rings. The Morgan fingerprint density at radius 3 is 2.65 bits per heavy atom. The van der Waals surface area contributed by atoms with Crippen LogP contribution in [0, 0.1) is 11.8 Å². The minimum absolute atomic E-state index is 0.00669. The number of hydrogen-bond acceptors (Lipinski definition) is 3. The molecule has 1 saturated carbocycles. The number of carbonyl (C=O) groups is 1. The summed E-state index contributed by atoms with van der Waals surface area (Å²) in [5.41, 5.74) is 5.76. The Bertz CT molecular complexity index is 348. The van der Waals surface area contributed by atoms with Crippen LogP contribution in [0.1, 0.15) is 25.7 Å². The van der Waals surface area contributed by atoms with Gasteiger partial charge in [-0.2, -0.15) is 13.2 Å². The molecule has 0 aromatic rings. The first-order valence-corrected chi connectivity index (χ1v) is 7.16. The van der Waals surface area contributed by atoms with Crippen LogP contribution in [0.2, 0.25) is 0 Å². The molecule has 3 N–H and O–H groups in total. The topological polar surface area (TPSA) is 58.4 Å². The molecule has 7 heteroatoms. The number of rotatable bonds is 4. The van der Waals surface area contributed by atoms with Crippen molar-refractivity contribution in [1.29, 1.82) is 0 Å². The van der Waals surface area contributed by atoms with Gasteiger partial charge in [0.15, 0.2) is 0 Å². The summed E-state index contributed by atoms with van der Waals surface area (Å²) in [6.45, 7) is 0.478. The highest BCUT2D eigenvalue weighted by molar-refractivity contribution is 5.79. The van der Waals surface area contributed by atoms with Gasteiger partial charge in [-0.15, -0.1) is 0 Å². The molecule has 0 aromatic carbocycles. The van der Waals surface area contributed by atoms with Crippen LogP contribution in [0.15, 0.2) is 0 Å². The summed E-state index contributed by atoms with van der Waals surface area (Å²) in [5, 5.41) is 2.87. The molecule has 4 nitrogen and oxygen atoms in total. The van der Waals surface area contributed by atoms with Crippen molar-refractivity contribution < 1.29 is 18.0 Å². The second kappa shape index (κ2) is 6.30. The largest absolute Gasteiger partial charge is 0.401 e. The van der Waals surface area contributed by atoms with Crippen molar-refractivity contribution in [3.05, 3.63) is 0 Å². The number of alkyl halides is 3. The van der Waals surface area contributed by atoms with Gasteiger partial charge < -0.3 is 11.1 Å². The second-order valence-electron chi connectivity index (χ2n) is 6.02. The zero-order valence-corrected chi connectivity index (χ0v) is 11.5. The maximum absolute atomic E-state index is 12.3. The number of nitrogens with one attached hydrogen (secondary N) is 1. The first kappa shape index (κ1) is 15.6. The summed E-state index contributed by atoms with van der Waals surface area (Å²) < 4.78 is 36.8. The van der Waals surface area contributed by atoms with Gasteiger partial charge in [-0.25, -0.2) is 0 Å². The highest BCUT2D eigenvalue weighted by Crippen LogP contribution is 2.25. The molecule has 0 radical (unpaired) electrons. The van der Waals surface area contributed by atoms with Crippen LogP contribution in [0.5, 0.6) is 0 Å². The predicted molar refractivity (Wildman–Crippen MR) is 68.9 cm³/mol. The minimum atomic E-state index is -4.14. The number of amides is 1. The van der Waals surface area contributed by atoms with E-state index in [2.05, 4.69) is 5.32 Å². The van der Waals surface area contributed by atoms with Gasteiger partial charge in [0.1, 0.15) is 0 Å². The van der Waals surface area contributed by atoms with Crippen molar-refractivity contribution in [3.8, 4) is 0 Å². The molecule has 1 saturated heterocycles. The molecule has 0 spiro atoms. The molecule has 20 heavy (non-hydrogen) atoms. The second-order valence-corrected chi connectivity index (χ2v) is 6.02. The lowest BCUT2D eigenvalue weighted by atomic mass is 10.1. The van der Waals surface area contributed by atoms with Gasteiger partial charge >= 0.3 is 6.18 Å². The van der Waals surface area contributed by atoms with Crippen LogP contribution in [0.25, 0.3) is 0 Å². The highest BCUT2D eigenvalue weighted by Gasteiger charge is 2.34. The van der Waals surface area contributed by atoms with Crippen molar-refractivity contribution in [2.24, 2.45) is 17.6 Å². The fourth-order valence-corrected chi connectivity index (χ4v) is 3.12. The summed E-state index contributed by atoms with van der Waals surface area (Å²) in [5.74, 6) is 0.112. The lowest BCUT2D eigenvalue weighted by molar-refractivity contribution is -0.143. The van der Waals surface area contributed by atoms with Gasteiger partial charge in [-0.05, 0) is 38.1 Å². The summed E-state index contributed by atoms with van der Waals surface area (Å²) in [6, 6.07) is 0.111. The van der Waals surface area contributed by atoms with E-state index in [0.29, 0.717) is 26.1 Å². The molecule has 3 atom stereocenters.